The average Bonchev–Trinajstić information content (AvgIpc) is 2.94. The van der Waals surface area contributed by atoms with Gasteiger partial charge < -0.3 is 24.8 Å². The molecule has 4 atom stereocenters. The fourth-order valence-corrected chi connectivity index (χ4v) is 4.73. The number of nitrogens with zero attached hydrogens (tertiary/aromatic N) is 2. The van der Waals surface area contributed by atoms with Gasteiger partial charge in [-0.05, 0) is 30.7 Å². The SMILES string of the molecule is COC(COP(=O)(N[C@@H](C)C(=O)OCc1ccccc1)Oc1ccccc1)[C@H](O)/C(F)=C\n1ccc(N)nc1=O. The zero-order valence-electron chi connectivity index (χ0n) is 21.8. The number of nitrogens with one attached hydrogen (secondary N) is 1. The maximum absolute atomic E-state index is 14.8. The van der Waals surface area contributed by atoms with Crippen molar-refractivity contribution in [3.05, 3.63) is 94.8 Å². The Bertz CT molecular complexity index is 1390. The molecule has 4 N–H and O–H groups in total. The summed E-state index contributed by atoms with van der Waals surface area (Å²) in [7, 11) is -3.16. The smallest absolute Gasteiger partial charge is 0.459 e. The number of aliphatic hydroxyl groups excluding tert-OH is 1. The van der Waals surface area contributed by atoms with Crippen LogP contribution in [-0.4, -0.2) is 52.6 Å². The molecule has 0 amide bonds. The minimum absolute atomic E-state index is 0.00738. The highest BCUT2D eigenvalue weighted by Crippen LogP contribution is 2.45. The quantitative estimate of drug-likeness (QED) is 0.191. The summed E-state index contributed by atoms with van der Waals surface area (Å²) in [4.78, 5) is 27.9. The third-order valence-electron chi connectivity index (χ3n) is 5.36. The van der Waals surface area contributed by atoms with E-state index in [0.717, 1.165) is 10.1 Å². The van der Waals surface area contributed by atoms with Crippen molar-refractivity contribution in [2.75, 3.05) is 19.5 Å². The lowest BCUT2D eigenvalue weighted by Gasteiger charge is -2.26. The molecule has 2 aromatic carbocycles. The molecule has 1 aromatic heterocycles. The predicted molar refractivity (Wildman–Crippen MR) is 145 cm³/mol. The summed E-state index contributed by atoms with van der Waals surface area (Å²) in [6.45, 7) is 0.754. The molecule has 0 aliphatic heterocycles. The van der Waals surface area contributed by atoms with Gasteiger partial charge >= 0.3 is 19.4 Å². The summed E-state index contributed by atoms with van der Waals surface area (Å²) >= 11 is 0. The third kappa shape index (κ3) is 9.11. The van der Waals surface area contributed by atoms with Gasteiger partial charge in [0.2, 0.25) is 0 Å². The number of nitrogen functional groups attached to an aromatic ring is 1. The van der Waals surface area contributed by atoms with Crippen LogP contribution in [0.2, 0.25) is 0 Å². The van der Waals surface area contributed by atoms with Gasteiger partial charge in [-0.25, -0.2) is 13.8 Å². The molecule has 214 valence electrons. The highest BCUT2D eigenvalue weighted by Gasteiger charge is 2.35. The van der Waals surface area contributed by atoms with Crippen LogP contribution in [0, 0.1) is 0 Å². The van der Waals surface area contributed by atoms with E-state index < -0.39 is 50.1 Å². The molecule has 3 aromatic rings. The molecular formula is C26H30FN4O8P. The summed E-state index contributed by atoms with van der Waals surface area (Å²) in [5, 5.41) is 13.0. The van der Waals surface area contributed by atoms with Crippen molar-refractivity contribution < 1.29 is 37.4 Å². The van der Waals surface area contributed by atoms with Crippen LogP contribution in [-0.2, 0) is 30.0 Å². The normalized spacial score (nSPS) is 15.4. The van der Waals surface area contributed by atoms with Crippen LogP contribution in [0.5, 0.6) is 5.75 Å². The Balaban J connectivity index is 1.71. The van der Waals surface area contributed by atoms with Crippen molar-refractivity contribution in [3.63, 3.8) is 0 Å². The lowest BCUT2D eigenvalue weighted by atomic mass is 10.2. The summed E-state index contributed by atoms with van der Waals surface area (Å²) in [5.74, 6) is -1.81. The van der Waals surface area contributed by atoms with Crippen molar-refractivity contribution in [1.82, 2.24) is 14.6 Å². The molecule has 0 bridgehead atoms. The van der Waals surface area contributed by atoms with Crippen molar-refractivity contribution >= 4 is 25.7 Å². The lowest BCUT2D eigenvalue weighted by molar-refractivity contribution is -0.146. The van der Waals surface area contributed by atoms with Gasteiger partial charge in [0.05, 0.1) is 6.61 Å². The molecule has 14 heteroatoms. The van der Waals surface area contributed by atoms with Gasteiger partial charge in [-0.2, -0.15) is 10.1 Å². The van der Waals surface area contributed by atoms with Crippen molar-refractivity contribution in [3.8, 4) is 5.75 Å². The first kappa shape index (κ1) is 30.7. The van der Waals surface area contributed by atoms with Crippen LogP contribution in [0.4, 0.5) is 10.2 Å². The zero-order valence-corrected chi connectivity index (χ0v) is 22.6. The van der Waals surface area contributed by atoms with E-state index in [4.69, 9.17) is 24.3 Å². The molecule has 0 aliphatic rings. The molecule has 0 fully saturated rings. The summed E-state index contributed by atoms with van der Waals surface area (Å²) < 4.78 is 50.7. The number of aliphatic hydroxyl groups is 1. The third-order valence-corrected chi connectivity index (χ3v) is 7.00. The zero-order chi connectivity index (χ0) is 29.1. The number of aromatic nitrogens is 2. The van der Waals surface area contributed by atoms with Gasteiger partial charge in [0.1, 0.15) is 42.3 Å². The van der Waals surface area contributed by atoms with Crippen LogP contribution in [0.25, 0.3) is 6.20 Å². The number of para-hydroxylation sites is 1. The van der Waals surface area contributed by atoms with E-state index in [1.165, 1.54) is 38.4 Å². The standard InChI is InChI=1S/C26H30FN4O8P/c1-18(25(33)37-16-19-9-5-3-6-10-19)30-40(35,39-20-11-7-4-8-12-20)38-17-22(36-2)24(32)21(27)15-31-14-13-23(28)29-26(31)34/h3-15,18,22,24,32H,16-17H2,1-2H3,(H,30,35)(H2,28,29,34)/b21-15+/t18-,22?,24+,40?/m0/s1. The number of methoxy groups -OCH3 is 1. The monoisotopic (exact) mass is 576 g/mol. The minimum atomic E-state index is -4.33. The molecule has 0 spiro atoms. The van der Waals surface area contributed by atoms with Crippen LogP contribution in [0.3, 0.4) is 0 Å². The molecule has 40 heavy (non-hydrogen) atoms. The molecule has 0 aliphatic carbocycles. The second-order valence-corrected chi connectivity index (χ2v) is 10.1. The fraction of sp³-hybridized carbons (Fsp3) is 0.269. The number of benzene rings is 2. The Morgan fingerprint density at radius 3 is 2.45 bits per heavy atom. The van der Waals surface area contributed by atoms with Gasteiger partial charge in [0, 0.05) is 19.5 Å². The van der Waals surface area contributed by atoms with Gasteiger partial charge in [-0.3, -0.25) is 13.9 Å². The van der Waals surface area contributed by atoms with E-state index in [9.17, 15) is 23.7 Å². The number of nitrogens with two attached hydrogens (primary N) is 1. The fourth-order valence-electron chi connectivity index (χ4n) is 3.22. The Morgan fingerprint density at radius 1 is 1.18 bits per heavy atom. The average molecular weight is 577 g/mol. The number of esters is 1. The van der Waals surface area contributed by atoms with E-state index in [2.05, 4.69) is 10.1 Å². The Hall–Kier alpha value is -3.87. The van der Waals surface area contributed by atoms with Gasteiger partial charge in [-0.1, -0.05) is 48.5 Å². The molecule has 3 rings (SSSR count). The summed E-state index contributed by atoms with van der Waals surface area (Å²) in [6, 6.07) is 17.1. The van der Waals surface area contributed by atoms with E-state index in [1.54, 1.807) is 42.5 Å². The lowest BCUT2D eigenvalue weighted by Crippen LogP contribution is -2.37. The molecule has 1 heterocycles. The van der Waals surface area contributed by atoms with Crippen molar-refractivity contribution in [2.24, 2.45) is 0 Å². The summed E-state index contributed by atoms with van der Waals surface area (Å²) in [5.41, 5.74) is 5.31. The maximum atomic E-state index is 14.8. The first-order valence-corrected chi connectivity index (χ1v) is 13.5. The number of rotatable bonds is 14. The molecular weight excluding hydrogens is 546 g/mol. The van der Waals surface area contributed by atoms with E-state index in [0.29, 0.717) is 6.20 Å². The van der Waals surface area contributed by atoms with Crippen molar-refractivity contribution in [2.45, 2.75) is 31.8 Å². The number of carbonyl (C=O) groups excluding carboxylic acids is 1. The van der Waals surface area contributed by atoms with E-state index in [-0.39, 0.29) is 18.2 Å². The number of halogens is 1. The molecule has 0 saturated carbocycles. The largest absolute Gasteiger partial charge is 0.460 e. The number of hydrogen-bond donors (Lipinski definition) is 3. The Kier molecular flexibility index (Phi) is 11.1. The van der Waals surface area contributed by atoms with Gasteiger partial charge in [0.15, 0.2) is 0 Å². The molecule has 0 saturated heterocycles. The second kappa shape index (κ2) is 14.5. The molecule has 2 unspecified atom stereocenters. The maximum Gasteiger partial charge on any atom is 0.459 e. The molecule has 12 nitrogen and oxygen atoms in total. The van der Waals surface area contributed by atoms with Gasteiger partial charge in [0.25, 0.3) is 0 Å². The minimum Gasteiger partial charge on any atom is -0.460 e. The van der Waals surface area contributed by atoms with E-state index >= 15 is 0 Å². The summed E-state index contributed by atoms with van der Waals surface area (Å²) in [6.07, 6.45) is -1.47. The second-order valence-electron chi connectivity index (χ2n) is 8.42. The van der Waals surface area contributed by atoms with Crippen LogP contribution >= 0.6 is 7.75 Å². The first-order valence-electron chi connectivity index (χ1n) is 12.0. The topological polar surface area (TPSA) is 164 Å². The number of carbonyl (C=O) groups is 1. The number of anilines is 1. The predicted octanol–water partition coefficient (Wildman–Crippen LogP) is 2.89. The Morgan fingerprint density at radius 2 is 1.82 bits per heavy atom. The van der Waals surface area contributed by atoms with Gasteiger partial charge in [-0.15, -0.1) is 0 Å². The number of ether oxygens (including phenoxy) is 2. The van der Waals surface area contributed by atoms with Crippen LogP contribution in [0.1, 0.15) is 12.5 Å². The highest BCUT2D eigenvalue weighted by molar-refractivity contribution is 7.52. The molecule has 0 radical (unpaired) electrons. The van der Waals surface area contributed by atoms with Crippen LogP contribution < -0.4 is 21.0 Å². The van der Waals surface area contributed by atoms with Crippen molar-refractivity contribution in [1.29, 1.82) is 0 Å². The van der Waals surface area contributed by atoms with E-state index in [1.807, 2.05) is 6.07 Å². The van der Waals surface area contributed by atoms with Crippen LogP contribution in [0.15, 0.2) is 83.5 Å². The number of hydrogen-bond acceptors (Lipinski definition) is 10. The highest BCUT2D eigenvalue weighted by atomic mass is 31.2. The Labute approximate surface area is 229 Å². The first-order chi connectivity index (χ1) is 19.1.